The van der Waals surface area contributed by atoms with E-state index in [0.29, 0.717) is 5.84 Å². The number of carbonyl (C=O) groups excluding carboxylic acids is 1. The number of benzene rings is 1. The first-order valence-electron chi connectivity index (χ1n) is 10.8. The second-order valence-corrected chi connectivity index (χ2v) is 8.76. The predicted octanol–water partition coefficient (Wildman–Crippen LogP) is 3.07. The number of allylic oxidation sites excluding steroid dienone is 1. The van der Waals surface area contributed by atoms with E-state index in [1.807, 2.05) is 35.4 Å². The number of amidine groups is 1. The first-order valence-corrected chi connectivity index (χ1v) is 10.8. The van der Waals surface area contributed by atoms with E-state index in [1.165, 1.54) is 6.42 Å². The molecule has 0 aromatic heterocycles. The van der Waals surface area contributed by atoms with E-state index in [0.717, 1.165) is 55.5 Å². The average Bonchev–Trinajstić information content (AvgIpc) is 3.12. The van der Waals surface area contributed by atoms with E-state index in [-0.39, 0.29) is 23.4 Å². The van der Waals surface area contributed by atoms with Gasteiger partial charge in [-0.2, -0.15) is 5.26 Å². The molecule has 0 spiro atoms. The standard InChI is InChI=1S/C23H26N6O/c24-14-15-4-1-2-5-18(15)29-19-10-13-26-22(30)20(19)21(28-29)27-17-8-6-16(7-9-17)23(25)11-3-12-23/h6-10,13,15,18,20H,1-5,11-12,25H2,(H,27,28)/t15-,18+,20?/m1/s1. The fraction of sp³-hybridized carbons (Fsp3) is 0.478. The van der Waals surface area contributed by atoms with E-state index < -0.39 is 5.92 Å². The summed E-state index contributed by atoms with van der Waals surface area (Å²) in [5, 5.41) is 11.6. The topological polar surface area (TPSA) is 107 Å². The van der Waals surface area contributed by atoms with Gasteiger partial charge in [-0.25, -0.2) is 9.98 Å². The van der Waals surface area contributed by atoms with E-state index in [9.17, 15) is 10.1 Å². The maximum atomic E-state index is 12.6. The number of hydrogen-bond acceptors (Lipinski definition) is 5. The summed E-state index contributed by atoms with van der Waals surface area (Å²) < 4.78 is 0. The molecule has 1 aromatic rings. The van der Waals surface area contributed by atoms with Crippen LogP contribution in [0.3, 0.4) is 0 Å². The SMILES string of the molecule is N#C[C@H]1CCCC[C@@H]1N1NC(=Nc2ccc(C3(N)CCC3)cc2)C2C(=O)N=CC=C21. The number of aliphatic imine (C=N–C) groups is 2. The first kappa shape index (κ1) is 19.0. The molecule has 7 nitrogen and oxygen atoms in total. The minimum Gasteiger partial charge on any atom is -0.321 e. The van der Waals surface area contributed by atoms with Gasteiger partial charge in [-0.15, -0.1) is 0 Å². The number of carbonyl (C=O) groups is 1. The van der Waals surface area contributed by atoms with Gasteiger partial charge in [0.25, 0.3) is 5.91 Å². The third-order valence-corrected chi connectivity index (χ3v) is 6.94. The van der Waals surface area contributed by atoms with Crippen LogP contribution in [0.15, 0.2) is 46.0 Å². The van der Waals surface area contributed by atoms with Crippen LogP contribution in [0.25, 0.3) is 0 Å². The van der Waals surface area contributed by atoms with Crippen LogP contribution in [-0.2, 0) is 10.3 Å². The summed E-state index contributed by atoms with van der Waals surface area (Å²) in [4.78, 5) is 21.4. The van der Waals surface area contributed by atoms with Crippen molar-refractivity contribution in [1.29, 1.82) is 5.26 Å². The Labute approximate surface area is 176 Å². The van der Waals surface area contributed by atoms with Gasteiger partial charge in [-0.1, -0.05) is 25.0 Å². The molecular weight excluding hydrogens is 376 g/mol. The Morgan fingerprint density at radius 2 is 1.97 bits per heavy atom. The lowest BCUT2D eigenvalue weighted by molar-refractivity contribution is -0.119. The van der Waals surface area contributed by atoms with Gasteiger partial charge in [0.2, 0.25) is 0 Å². The highest BCUT2D eigenvalue weighted by Crippen LogP contribution is 2.39. The maximum Gasteiger partial charge on any atom is 0.262 e. The molecule has 1 aromatic carbocycles. The van der Waals surface area contributed by atoms with Gasteiger partial charge in [-0.3, -0.25) is 15.2 Å². The van der Waals surface area contributed by atoms with Gasteiger partial charge in [0.05, 0.1) is 29.4 Å². The van der Waals surface area contributed by atoms with Crippen LogP contribution in [0, 0.1) is 23.2 Å². The molecule has 1 saturated heterocycles. The summed E-state index contributed by atoms with van der Waals surface area (Å²) in [5.74, 6) is -0.256. The molecule has 2 saturated carbocycles. The summed E-state index contributed by atoms with van der Waals surface area (Å²) in [7, 11) is 0. The molecule has 3 atom stereocenters. The largest absolute Gasteiger partial charge is 0.321 e. The molecule has 4 aliphatic rings. The smallest absolute Gasteiger partial charge is 0.262 e. The summed E-state index contributed by atoms with van der Waals surface area (Å²) >= 11 is 0. The zero-order valence-electron chi connectivity index (χ0n) is 16.9. The van der Waals surface area contributed by atoms with Gasteiger partial charge in [-0.05, 0) is 55.9 Å². The molecule has 3 fully saturated rings. The van der Waals surface area contributed by atoms with E-state index in [1.54, 1.807) is 6.21 Å². The van der Waals surface area contributed by atoms with Crippen LogP contribution in [0.1, 0.15) is 50.5 Å². The van der Waals surface area contributed by atoms with E-state index in [4.69, 9.17) is 10.7 Å². The lowest BCUT2D eigenvalue weighted by Crippen LogP contribution is -2.46. The summed E-state index contributed by atoms with van der Waals surface area (Å²) in [6.45, 7) is 0. The second-order valence-electron chi connectivity index (χ2n) is 8.76. The van der Waals surface area contributed by atoms with Crippen molar-refractivity contribution in [2.24, 2.45) is 27.6 Å². The molecule has 3 N–H and O–H groups in total. The fourth-order valence-corrected chi connectivity index (χ4v) is 5.00. The normalized spacial score (nSPS) is 30.9. The number of amides is 1. The van der Waals surface area contributed by atoms with Crippen molar-refractivity contribution in [3.05, 3.63) is 41.6 Å². The first-order chi connectivity index (χ1) is 14.6. The number of nitrogens with two attached hydrogens (primary N) is 1. The van der Waals surface area contributed by atoms with Gasteiger partial charge >= 0.3 is 0 Å². The second kappa shape index (κ2) is 7.37. The van der Waals surface area contributed by atoms with Gasteiger partial charge < -0.3 is 5.73 Å². The highest BCUT2D eigenvalue weighted by Gasteiger charge is 2.45. The Bertz CT molecular complexity index is 982. The molecular formula is C23H26N6O. The number of fused-ring (bicyclic) bond motifs is 1. The van der Waals surface area contributed by atoms with Crippen molar-refractivity contribution >= 4 is 23.6 Å². The highest BCUT2D eigenvalue weighted by atomic mass is 16.1. The zero-order valence-corrected chi connectivity index (χ0v) is 16.9. The van der Waals surface area contributed by atoms with Gasteiger partial charge in [0.15, 0.2) is 0 Å². The number of nitriles is 1. The number of hydrazine groups is 1. The number of dihydropyridines is 1. The molecule has 30 heavy (non-hydrogen) atoms. The molecule has 5 rings (SSSR count). The van der Waals surface area contributed by atoms with Crippen LogP contribution >= 0.6 is 0 Å². The van der Waals surface area contributed by atoms with E-state index >= 15 is 0 Å². The number of rotatable bonds is 3. The van der Waals surface area contributed by atoms with E-state index in [2.05, 4.69) is 16.5 Å². The maximum absolute atomic E-state index is 12.6. The van der Waals surface area contributed by atoms with Crippen molar-refractivity contribution in [3.8, 4) is 6.07 Å². The minimum absolute atomic E-state index is 0.0302. The number of hydrogen-bond donors (Lipinski definition) is 2. The molecule has 154 valence electrons. The van der Waals surface area contributed by atoms with Crippen LogP contribution < -0.4 is 11.2 Å². The Kier molecular flexibility index (Phi) is 4.67. The van der Waals surface area contributed by atoms with Crippen LogP contribution in [0.5, 0.6) is 0 Å². The molecule has 0 bridgehead atoms. The van der Waals surface area contributed by atoms with Crippen molar-refractivity contribution in [1.82, 2.24) is 10.4 Å². The minimum atomic E-state index is -0.538. The van der Waals surface area contributed by atoms with Crippen molar-refractivity contribution < 1.29 is 4.79 Å². The Morgan fingerprint density at radius 3 is 2.67 bits per heavy atom. The van der Waals surface area contributed by atoms with Crippen LogP contribution in [0.4, 0.5) is 5.69 Å². The van der Waals surface area contributed by atoms with Crippen molar-refractivity contribution in [3.63, 3.8) is 0 Å². The Hall–Kier alpha value is -2.98. The average molecular weight is 403 g/mol. The monoisotopic (exact) mass is 402 g/mol. The molecule has 1 amide bonds. The molecule has 0 radical (unpaired) electrons. The van der Waals surface area contributed by atoms with Crippen molar-refractivity contribution in [2.75, 3.05) is 0 Å². The van der Waals surface area contributed by atoms with Gasteiger partial charge in [0.1, 0.15) is 11.8 Å². The van der Waals surface area contributed by atoms with Crippen LogP contribution in [-0.4, -0.2) is 29.0 Å². The Morgan fingerprint density at radius 1 is 1.20 bits per heavy atom. The molecule has 2 aliphatic carbocycles. The predicted molar refractivity (Wildman–Crippen MR) is 115 cm³/mol. The quantitative estimate of drug-likeness (QED) is 0.808. The molecule has 7 heteroatoms. The lowest BCUT2D eigenvalue weighted by atomic mass is 9.73. The molecule has 2 aliphatic heterocycles. The zero-order chi connectivity index (χ0) is 20.7. The number of nitrogens with zero attached hydrogens (tertiary/aromatic N) is 4. The van der Waals surface area contributed by atoms with Crippen LogP contribution in [0.2, 0.25) is 0 Å². The summed E-state index contributed by atoms with van der Waals surface area (Å²) in [5.41, 5.74) is 12.3. The number of nitrogens with one attached hydrogen (secondary N) is 1. The van der Waals surface area contributed by atoms with Crippen molar-refractivity contribution in [2.45, 2.75) is 56.5 Å². The molecule has 2 heterocycles. The third-order valence-electron chi connectivity index (χ3n) is 6.94. The van der Waals surface area contributed by atoms with Gasteiger partial charge in [0, 0.05) is 11.8 Å². The summed E-state index contributed by atoms with van der Waals surface area (Å²) in [6.07, 6.45) is 10.6. The fourth-order valence-electron chi connectivity index (χ4n) is 5.00. The third kappa shape index (κ3) is 3.12. The molecule has 1 unspecified atom stereocenters. The summed E-state index contributed by atoms with van der Waals surface area (Å²) in [6, 6.07) is 10.5. The Balaban J connectivity index is 1.45. The lowest BCUT2D eigenvalue weighted by Gasteiger charge is -2.38. The highest BCUT2D eigenvalue weighted by molar-refractivity contribution is 6.12.